The second kappa shape index (κ2) is 4.97. The number of aromatic nitrogens is 1. The molecule has 1 aromatic carbocycles. The number of rotatable bonds is 3. The van der Waals surface area contributed by atoms with Crippen LogP contribution in [0.3, 0.4) is 0 Å². The van der Waals surface area contributed by atoms with E-state index in [1.165, 1.54) is 23.5 Å². The van der Waals surface area contributed by atoms with E-state index in [0.717, 1.165) is 5.69 Å². The van der Waals surface area contributed by atoms with Crippen LogP contribution >= 0.6 is 11.3 Å². The molecule has 0 saturated carbocycles. The summed E-state index contributed by atoms with van der Waals surface area (Å²) in [6.07, 6.45) is 0. The largest absolute Gasteiger partial charge is 0.508 e. The first kappa shape index (κ1) is 11.6. The number of hydrogen-bond acceptors (Lipinski definition) is 4. The smallest absolute Gasteiger partial charge is 0.254 e. The molecular weight excluding hydrogens is 236 g/mol. The van der Waals surface area contributed by atoms with E-state index >= 15 is 0 Å². The molecule has 5 heteroatoms. The van der Waals surface area contributed by atoms with Crippen LogP contribution in [0.2, 0.25) is 0 Å². The predicted octanol–water partition coefficient (Wildman–Crippen LogP) is 2.12. The number of nitrogens with zero attached hydrogens (tertiary/aromatic N) is 2. The van der Waals surface area contributed by atoms with Gasteiger partial charge in [0.25, 0.3) is 5.91 Å². The third-order valence-corrected chi connectivity index (χ3v) is 2.96. The second-order valence-corrected chi connectivity index (χ2v) is 4.41. The highest BCUT2D eigenvalue weighted by atomic mass is 32.1. The first-order chi connectivity index (χ1) is 8.16. The van der Waals surface area contributed by atoms with Crippen molar-refractivity contribution in [3.63, 3.8) is 0 Å². The lowest BCUT2D eigenvalue weighted by atomic mass is 10.2. The number of hydrogen-bond donors (Lipinski definition) is 1. The minimum absolute atomic E-state index is 0.0953. The van der Waals surface area contributed by atoms with E-state index in [4.69, 9.17) is 0 Å². The molecule has 0 spiro atoms. The fourth-order valence-electron chi connectivity index (χ4n) is 1.49. The molecule has 2 rings (SSSR count). The lowest BCUT2D eigenvalue weighted by molar-refractivity contribution is 0.0783. The maximum Gasteiger partial charge on any atom is 0.254 e. The molecule has 0 aliphatic carbocycles. The minimum atomic E-state index is -0.131. The summed E-state index contributed by atoms with van der Waals surface area (Å²) in [5.74, 6) is -0.0354. The van der Waals surface area contributed by atoms with Crippen molar-refractivity contribution >= 4 is 17.2 Å². The van der Waals surface area contributed by atoms with Crippen LogP contribution in [-0.4, -0.2) is 27.9 Å². The molecule has 0 atom stereocenters. The summed E-state index contributed by atoms with van der Waals surface area (Å²) < 4.78 is 0. The van der Waals surface area contributed by atoms with Gasteiger partial charge in [-0.05, 0) is 18.2 Å². The van der Waals surface area contributed by atoms with Gasteiger partial charge in [-0.2, -0.15) is 0 Å². The molecule has 0 aliphatic rings. The van der Waals surface area contributed by atoms with Gasteiger partial charge in [0.2, 0.25) is 0 Å². The van der Waals surface area contributed by atoms with Crippen molar-refractivity contribution in [2.45, 2.75) is 6.54 Å². The number of carbonyl (C=O) groups is 1. The summed E-state index contributed by atoms with van der Waals surface area (Å²) in [5.41, 5.74) is 3.08. The molecule has 0 unspecified atom stereocenters. The molecule has 1 heterocycles. The fraction of sp³-hybridized carbons (Fsp3) is 0.167. The highest BCUT2D eigenvalue weighted by Crippen LogP contribution is 2.13. The molecular formula is C12H12N2O2S. The average Bonchev–Trinajstić information content (AvgIpc) is 2.80. The first-order valence-corrected chi connectivity index (χ1v) is 6.02. The molecule has 0 fully saturated rings. The molecule has 1 amide bonds. The van der Waals surface area contributed by atoms with Gasteiger partial charge in [-0.15, -0.1) is 11.3 Å². The zero-order valence-corrected chi connectivity index (χ0v) is 10.1. The van der Waals surface area contributed by atoms with Crippen LogP contribution in [0.4, 0.5) is 0 Å². The van der Waals surface area contributed by atoms with Crippen LogP contribution < -0.4 is 0 Å². The van der Waals surface area contributed by atoms with Gasteiger partial charge in [-0.1, -0.05) is 6.07 Å². The van der Waals surface area contributed by atoms with E-state index in [9.17, 15) is 9.90 Å². The summed E-state index contributed by atoms with van der Waals surface area (Å²) in [7, 11) is 1.71. The molecule has 4 nitrogen and oxygen atoms in total. The van der Waals surface area contributed by atoms with Crippen LogP contribution in [0.1, 0.15) is 16.1 Å². The van der Waals surface area contributed by atoms with E-state index in [1.807, 2.05) is 5.38 Å². The van der Waals surface area contributed by atoms with Gasteiger partial charge in [0.1, 0.15) is 5.75 Å². The molecule has 2 aromatic rings. The monoisotopic (exact) mass is 248 g/mol. The van der Waals surface area contributed by atoms with E-state index in [1.54, 1.807) is 29.6 Å². The van der Waals surface area contributed by atoms with E-state index < -0.39 is 0 Å². The van der Waals surface area contributed by atoms with Crippen LogP contribution in [0.5, 0.6) is 5.75 Å². The zero-order valence-electron chi connectivity index (χ0n) is 9.33. The second-order valence-electron chi connectivity index (χ2n) is 3.69. The highest BCUT2D eigenvalue weighted by Gasteiger charge is 2.12. The van der Waals surface area contributed by atoms with Crippen molar-refractivity contribution < 1.29 is 9.90 Å². The van der Waals surface area contributed by atoms with Crippen molar-refractivity contribution in [2.24, 2.45) is 0 Å². The van der Waals surface area contributed by atoms with Gasteiger partial charge in [-0.3, -0.25) is 4.79 Å². The Kier molecular flexibility index (Phi) is 3.39. The normalized spacial score (nSPS) is 10.2. The van der Waals surface area contributed by atoms with E-state index in [0.29, 0.717) is 12.1 Å². The summed E-state index contributed by atoms with van der Waals surface area (Å²) in [6, 6.07) is 6.33. The molecule has 0 bridgehead atoms. The maximum atomic E-state index is 12.0. The Morgan fingerprint density at radius 1 is 1.53 bits per heavy atom. The maximum absolute atomic E-state index is 12.0. The average molecular weight is 248 g/mol. The number of phenolic OH excluding ortho intramolecular Hbond substituents is 1. The van der Waals surface area contributed by atoms with Crippen LogP contribution in [0.15, 0.2) is 35.2 Å². The fourth-order valence-corrected chi connectivity index (χ4v) is 2.04. The third kappa shape index (κ3) is 2.82. The molecule has 0 radical (unpaired) electrons. The van der Waals surface area contributed by atoms with Gasteiger partial charge in [0.15, 0.2) is 0 Å². The lowest BCUT2D eigenvalue weighted by Crippen LogP contribution is -2.26. The Bertz CT molecular complexity index is 511. The van der Waals surface area contributed by atoms with Gasteiger partial charge < -0.3 is 10.0 Å². The van der Waals surface area contributed by atoms with Crippen LogP contribution in [-0.2, 0) is 6.54 Å². The molecule has 0 aliphatic heterocycles. The summed E-state index contributed by atoms with van der Waals surface area (Å²) >= 11 is 1.50. The Morgan fingerprint density at radius 3 is 3.00 bits per heavy atom. The number of thiazole rings is 1. The van der Waals surface area contributed by atoms with Crippen molar-refractivity contribution in [2.75, 3.05) is 7.05 Å². The quantitative estimate of drug-likeness (QED) is 0.905. The van der Waals surface area contributed by atoms with Crippen LogP contribution in [0.25, 0.3) is 0 Å². The number of benzene rings is 1. The molecule has 88 valence electrons. The molecule has 1 aromatic heterocycles. The molecule has 1 N–H and O–H groups in total. The standard InChI is InChI=1S/C12H12N2O2S/c1-14(6-10-7-17-8-13-10)12(16)9-3-2-4-11(15)5-9/h2-5,7-8,15H,6H2,1H3. The van der Waals surface area contributed by atoms with Crippen LogP contribution in [0, 0.1) is 0 Å². The predicted molar refractivity (Wildman–Crippen MR) is 66.0 cm³/mol. The molecule has 17 heavy (non-hydrogen) atoms. The SMILES string of the molecule is CN(Cc1cscn1)C(=O)c1cccc(O)c1. The van der Waals surface area contributed by atoms with Gasteiger partial charge in [0, 0.05) is 18.0 Å². The van der Waals surface area contributed by atoms with Crippen molar-refractivity contribution in [1.29, 1.82) is 0 Å². The molecule has 0 saturated heterocycles. The first-order valence-electron chi connectivity index (χ1n) is 5.08. The summed E-state index contributed by atoms with van der Waals surface area (Å²) in [5, 5.41) is 11.2. The number of phenols is 1. The highest BCUT2D eigenvalue weighted by molar-refractivity contribution is 7.07. The van der Waals surface area contributed by atoms with Gasteiger partial charge in [0.05, 0.1) is 17.7 Å². The Hall–Kier alpha value is -1.88. The van der Waals surface area contributed by atoms with Crippen molar-refractivity contribution in [3.05, 3.63) is 46.4 Å². The van der Waals surface area contributed by atoms with Gasteiger partial charge in [-0.25, -0.2) is 4.98 Å². The summed E-state index contributed by atoms with van der Waals surface area (Å²) in [6.45, 7) is 0.470. The third-order valence-electron chi connectivity index (χ3n) is 2.32. The topological polar surface area (TPSA) is 53.4 Å². The Morgan fingerprint density at radius 2 is 2.35 bits per heavy atom. The number of amides is 1. The zero-order chi connectivity index (χ0) is 12.3. The van der Waals surface area contributed by atoms with Crippen molar-refractivity contribution in [1.82, 2.24) is 9.88 Å². The van der Waals surface area contributed by atoms with Gasteiger partial charge >= 0.3 is 0 Å². The Labute approximate surface area is 103 Å². The van der Waals surface area contributed by atoms with E-state index in [-0.39, 0.29) is 11.7 Å². The Balaban J connectivity index is 2.09. The number of carbonyl (C=O) groups excluding carboxylic acids is 1. The van der Waals surface area contributed by atoms with Crippen molar-refractivity contribution in [3.8, 4) is 5.75 Å². The summed E-state index contributed by atoms with van der Waals surface area (Å²) in [4.78, 5) is 17.7. The minimum Gasteiger partial charge on any atom is -0.508 e. The number of aromatic hydroxyl groups is 1. The lowest BCUT2D eigenvalue weighted by Gasteiger charge is -2.15. The van der Waals surface area contributed by atoms with E-state index in [2.05, 4.69) is 4.98 Å².